The van der Waals surface area contributed by atoms with E-state index < -0.39 is 0 Å². The van der Waals surface area contributed by atoms with Crippen molar-refractivity contribution in [2.24, 2.45) is 5.92 Å². The van der Waals surface area contributed by atoms with Crippen LogP contribution in [0.4, 0.5) is 0 Å². The van der Waals surface area contributed by atoms with E-state index >= 15 is 0 Å². The predicted octanol–water partition coefficient (Wildman–Crippen LogP) is 4.22. The fourth-order valence-corrected chi connectivity index (χ4v) is 2.55. The number of amides is 1. The molecule has 2 nitrogen and oxygen atoms in total. The molecule has 0 aliphatic heterocycles. The minimum atomic E-state index is -0.134. The molecule has 1 unspecified atom stereocenters. The van der Waals surface area contributed by atoms with E-state index in [4.69, 9.17) is 23.2 Å². The Morgan fingerprint density at radius 1 is 1.56 bits per heavy atom. The van der Waals surface area contributed by atoms with Crippen LogP contribution < -0.4 is 5.32 Å². The summed E-state index contributed by atoms with van der Waals surface area (Å²) in [6.45, 7) is 4.99. The molecule has 1 aromatic heterocycles. The first kappa shape index (κ1) is 13.8. The molecule has 90 valence electrons. The van der Waals surface area contributed by atoms with Crippen molar-refractivity contribution in [2.75, 3.05) is 6.54 Å². The second-order valence-corrected chi connectivity index (χ2v) is 5.45. The number of carbonyl (C=O) groups is 1. The summed E-state index contributed by atoms with van der Waals surface area (Å²) in [7, 11) is 0. The molecule has 0 aliphatic rings. The zero-order chi connectivity index (χ0) is 12.1. The molecular formula is C11H15Cl2NOS. The Hall–Kier alpha value is -0.250. The quantitative estimate of drug-likeness (QED) is 0.859. The third-order valence-electron chi connectivity index (χ3n) is 2.52. The molecule has 0 radical (unpaired) electrons. The van der Waals surface area contributed by atoms with Crippen molar-refractivity contribution >= 4 is 40.4 Å². The van der Waals surface area contributed by atoms with Gasteiger partial charge in [0, 0.05) is 11.9 Å². The fourth-order valence-electron chi connectivity index (χ4n) is 1.19. The van der Waals surface area contributed by atoms with Gasteiger partial charge < -0.3 is 5.32 Å². The van der Waals surface area contributed by atoms with E-state index in [-0.39, 0.29) is 5.91 Å². The third kappa shape index (κ3) is 3.65. The average molecular weight is 280 g/mol. The Labute approximate surface area is 110 Å². The van der Waals surface area contributed by atoms with Gasteiger partial charge in [-0.05, 0) is 12.3 Å². The van der Waals surface area contributed by atoms with Gasteiger partial charge in [0.1, 0.15) is 4.88 Å². The van der Waals surface area contributed by atoms with Crippen molar-refractivity contribution in [3.63, 3.8) is 0 Å². The maximum atomic E-state index is 11.7. The highest BCUT2D eigenvalue weighted by Gasteiger charge is 2.15. The van der Waals surface area contributed by atoms with Crippen LogP contribution in [0.3, 0.4) is 0 Å². The molecule has 1 aromatic rings. The second-order valence-electron chi connectivity index (χ2n) is 3.78. The highest BCUT2D eigenvalue weighted by atomic mass is 35.5. The van der Waals surface area contributed by atoms with Crippen LogP contribution in [0.25, 0.3) is 0 Å². The standard InChI is InChI=1S/C11H15Cl2NOS/c1-3-7(2)4-5-14-11(15)10-9(13)8(12)6-16-10/h6-7H,3-5H2,1-2H3,(H,14,15). The summed E-state index contributed by atoms with van der Waals surface area (Å²) < 4.78 is 0. The van der Waals surface area contributed by atoms with E-state index in [0.29, 0.717) is 27.4 Å². The van der Waals surface area contributed by atoms with E-state index in [1.54, 1.807) is 5.38 Å². The summed E-state index contributed by atoms with van der Waals surface area (Å²) >= 11 is 12.9. The average Bonchev–Trinajstić information content (AvgIpc) is 2.59. The summed E-state index contributed by atoms with van der Waals surface area (Å²) in [4.78, 5) is 12.2. The van der Waals surface area contributed by atoms with E-state index in [2.05, 4.69) is 19.2 Å². The van der Waals surface area contributed by atoms with Crippen molar-refractivity contribution in [3.05, 3.63) is 20.3 Å². The lowest BCUT2D eigenvalue weighted by atomic mass is 10.1. The summed E-state index contributed by atoms with van der Waals surface area (Å²) in [5.74, 6) is 0.493. The van der Waals surface area contributed by atoms with Crippen molar-refractivity contribution in [1.29, 1.82) is 0 Å². The van der Waals surface area contributed by atoms with Gasteiger partial charge in [0.05, 0.1) is 10.0 Å². The molecule has 0 fully saturated rings. The van der Waals surface area contributed by atoms with Gasteiger partial charge in [-0.3, -0.25) is 4.79 Å². The molecule has 16 heavy (non-hydrogen) atoms. The summed E-state index contributed by atoms with van der Waals surface area (Å²) in [5, 5.41) is 5.32. The van der Waals surface area contributed by atoms with Gasteiger partial charge in [0.15, 0.2) is 0 Å². The minimum absolute atomic E-state index is 0.134. The topological polar surface area (TPSA) is 29.1 Å². The Morgan fingerprint density at radius 2 is 2.25 bits per heavy atom. The van der Waals surface area contributed by atoms with E-state index in [0.717, 1.165) is 12.8 Å². The molecule has 1 N–H and O–H groups in total. The van der Waals surface area contributed by atoms with Crippen LogP contribution in [-0.2, 0) is 0 Å². The van der Waals surface area contributed by atoms with Crippen molar-refractivity contribution in [2.45, 2.75) is 26.7 Å². The first-order valence-electron chi connectivity index (χ1n) is 5.27. The minimum Gasteiger partial charge on any atom is -0.351 e. The number of carbonyl (C=O) groups excluding carboxylic acids is 1. The predicted molar refractivity (Wildman–Crippen MR) is 70.7 cm³/mol. The zero-order valence-corrected chi connectivity index (χ0v) is 11.7. The van der Waals surface area contributed by atoms with Crippen LogP contribution in [0.2, 0.25) is 10.0 Å². The highest BCUT2D eigenvalue weighted by molar-refractivity contribution is 7.13. The monoisotopic (exact) mass is 279 g/mol. The summed E-state index contributed by atoms with van der Waals surface area (Å²) in [6, 6.07) is 0. The van der Waals surface area contributed by atoms with Gasteiger partial charge in [0.2, 0.25) is 0 Å². The number of nitrogens with one attached hydrogen (secondary N) is 1. The molecule has 5 heteroatoms. The maximum absolute atomic E-state index is 11.7. The number of hydrogen-bond donors (Lipinski definition) is 1. The molecule has 0 saturated heterocycles. The Bertz CT molecular complexity index is 365. The maximum Gasteiger partial charge on any atom is 0.262 e. The molecule has 1 rings (SSSR count). The van der Waals surface area contributed by atoms with E-state index in [9.17, 15) is 4.79 Å². The SMILES string of the molecule is CCC(C)CCNC(=O)c1scc(Cl)c1Cl. The van der Waals surface area contributed by atoms with Crippen LogP contribution in [0.1, 0.15) is 36.4 Å². The molecule has 0 spiro atoms. The molecule has 1 amide bonds. The molecule has 1 atom stereocenters. The molecular weight excluding hydrogens is 265 g/mol. The van der Waals surface area contributed by atoms with Gasteiger partial charge in [0.25, 0.3) is 5.91 Å². The lowest BCUT2D eigenvalue weighted by molar-refractivity contribution is 0.0956. The first-order chi connectivity index (χ1) is 7.56. The Kier molecular flexibility index (Phi) is 5.59. The van der Waals surface area contributed by atoms with Crippen LogP contribution >= 0.6 is 34.5 Å². The van der Waals surface area contributed by atoms with Crippen LogP contribution in [0.5, 0.6) is 0 Å². The highest BCUT2D eigenvalue weighted by Crippen LogP contribution is 2.31. The van der Waals surface area contributed by atoms with E-state index in [1.807, 2.05) is 0 Å². The number of halogens is 2. The van der Waals surface area contributed by atoms with Crippen LogP contribution in [-0.4, -0.2) is 12.5 Å². The van der Waals surface area contributed by atoms with Gasteiger partial charge >= 0.3 is 0 Å². The Morgan fingerprint density at radius 3 is 2.75 bits per heavy atom. The number of hydrogen-bond acceptors (Lipinski definition) is 2. The molecule has 0 bridgehead atoms. The van der Waals surface area contributed by atoms with Gasteiger partial charge in [-0.2, -0.15) is 0 Å². The molecule has 0 aliphatic carbocycles. The smallest absolute Gasteiger partial charge is 0.262 e. The van der Waals surface area contributed by atoms with Gasteiger partial charge in [-0.15, -0.1) is 11.3 Å². The molecule has 0 aromatic carbocycles. The van der Waals surface area contributed by atoms with Gasteiger partial charge in [-0.1, -0.05) is 43.5 Å². The number of thiophene rings is 1. The third-order valence-corrected chi connectivity index (χ3v) is 4.52. The summed E-state index contributed by atoms with van der Waals surface area (Å²) in [6.07, 6.45) is 2.11. The van der Waals surface area contributed by atoms with Crippen LogP contribution in [0.15, 0.2) is 5.38 Å². The van der Waals surface area contributed by atoms with Crippen molar-refractivity contribution < 1.29 is 4.79 Å². The summed E-state index contributed by atoms with van der Waals surface area (Å²) in [5.41, 5.74) is 0. The fraction of sp³-hybridized carbons (Fsp3) is 0.545. The van der Waals surface area contributed by atoms with Crippen molar-refractivity contribution in [1.82, 2.24) is 5.32 Å². The van der Waals surface area contributed by atoms with Crippen molar-refractivity contribution in [3.8, 4) is 0 Å². The lowest BCUT2D eigenvalue weighted by Gasteiger charge is -2.08. The van der Waals surface area contributed by atoms with Crippen LogP contribution in [0, 0.1) is 5.92 Å². The number of rotatable bonds is 5. The first-order valence-corrected chi connectivity index (χ1v) is 6.90. The normalized spacial score (nSPS) is 12.5. The second kappa shape index (κ2) is 6.48. The largest absolute Gasteiger partial charge is 0.351 e. The Balaban J connectivity index is 2.44. The van der Waals surface area contributed by atoms with Gasteiger partial charge in [-0.25, -0.2) is 0 Å². The lowest BCUT2D eigenvalue weighted by Crippen LogP contribution is -2.24. The molecule has 1 heterocycles. The zero-order valence-electron chi connectivity index (χ0n) is 9.35. The molecule has 0 saturated carbocycles. The van der Waals surface area contributed by atoms with E-state index in [1.165, 1.54) is 11.3 Å².